The second-order valence-electron chi connectivity index (χ2n) is 8.31. The summed E-state index contributed by atoms with van der Waals surface area (Å²) in [7, 11) is 0. The monoisotopic (exact) mass is 389 g/mol. The molecule has 1 saturated heterocycles. The van der Waals surface area contributed by atoms with E-state index >= 15 is 0 Å². The number of piperidine rings is 1. The average Bonchev–Trinajstić information content (AvgIpc) is 3.38. The molecule has 7 nitrogen and oxygen atoms in total. The number of nitrogens with zero attached hydrogens (tertiary/aromatic N) is 5. The van der Waals surface area contributed by atoms with Crippen molar-refractivity contribution in [3.05, 3.63) is 12.2 Å². The van der Waals surface area contributed by atoms with Crippen LogP contribution < -0.4 is 10.6 Å². The van der Waals surface area contributed by atoms with E-state index in [1.807, 2.05) is 6.33 Å². The van der Waals surface area contributed by atoms with Crippen molar-refractivity contribution in [2.24, 2.45) is 4.99 Å². The lowest BCUT2D eigenvalue weighted by molar-refractivity contribution is 0.160. The lowest BCUT2D eigenvalue weighted by Crippen LogP contribution is -2.43. The summed E-state index contributed by atoms with van der Waals surface area (Å²) < 4.78 is 2.12. The third kappa shape index (κ3) is 6.47. The van der Waals surface area contributed by atoms with Gasteiger partial charge in [-0.3, -0.25) is 4.99 Å². The van der Waals surface area contributed by atoms with Crippen LogP contribution in [0.4, 0.5) is 0 Å². The van der Waals surface area contributed by atoms with Gasteiger partial charge in [-0.2, -0.15) is 0 Å². The number of aliphatic imine (C=N–C) groups is 1. The van der Waals surface area contributed by atoms with Crippen LogP contribution in [-0.2, 0) is 13.0 Å². The Kier molecular flexibility index (Phi) is 8.58. The summed E-state index contributed by atoms with van der Waals surface area (Å²) in [5.41, 5.74) is 0. The van der Waals surface area contributed by atoms with Crippen molar-refractivity contribution in [1.82, 2.24) is 30.3 Å². The summed E-state index contributed by atoms with van der Waals surface area (Å²) in [5.74, 6) is 2.02. The number of nitrogens with one attached hydrogen (secondary N) is 2. The summed E-state index contributed by atoms with van der Waals surface area (Å²) in [6.07, 6.45) is 13.1. The van der Waals surface area contributed by atoms with E-state index in [9.17, 15) is 0 Å². The first-order chi connectivity index (χ1) is 13.8. The number of rotatable bonds is 9. The van der Waals surface area contributed by atoms with Gasteiger partial charge >= 0.3 is 0 Å². The molecule has 158 valence electrons. The number of guanidine groups is 1. The molecule has 1 aliphatic heterocycles. The highest BCUT2D eigenvalue weighted by molar-refractivity contribution is 5.80. The lowest BCUT2D eigenvalue weighted by Gasteiger charge is -2.33. The molecule has 2 heterocycles. The van der Waals surface area contributed by atoms with Gasteiger partial charge in [0, 0.05) is 44.7 Å². The summed E-state index contributed by atoms with van der Waals surface area (Å²) in [5, 5.41) is 15.4. The molecule has 1 unspecified atom stereocenters. The van der Waals surface area contributed by atoms with Gasteiger partial charge in [0.15, 0.2) is 5.96 Å². The molecule has 1 saturated carbocycles. The molecule has 2 N–H and O–H groups in total. The molecule has 0 bridgehead atoms. The van der Waals surface area contributed by atoms with Gasteiger partial charge in [0.2, 0.25) is 0 Å². The lowest BCUT2D eigenvalue weighted by atomic mass is 10.0. The first-order valence-corrected chi connectivity index (χ1v) is 11.4. The normalized spacial score (nSPS) is 21.9. The van der Waals surface area contributed by atoms with E-state index in [0.717, 1.165) is 50.3 Å². The molecule has 1 aromatic heterocycles. The van der Waals surface area contributed by atoms with Crippen LogP contribution in [0.3, 0.4) is 0 Å². The highest BCUT2D eigenvalue weighted by Gasteiger charge is 2.18. The van der Waals surface area contributed by atoms with Gasteiger partial charge in [0.1, 0.15) is 12.2 Å². The van der Waals surface area contributed by atoms with Crippen molar-refractivity contribution in [3.63, 3.8) is 0 Å². The van der Waals surface area contributed by atoms with Crippen molar-refractivity contribution < 1.29 is 0 Å². The zero-order valence-corrected chi connectivity index (χ0v) is 17.9. The van der Waals surface area contributed by atoms with Gasteiger partial charge in [0.05, 0.1) is 0 Å². The van der Waals surface area contributed by atoms with Crippen LogP contribution in [0, 0.1) is 0 Å². The Morgan fingerprint density at radius 1 is 1.18 bits per heavy atom. The maximum Gasteiger partial charge on any atom is 0.191 e. The van der Waals surface area contributed by atoms with Crippen LogP contribution in [0.15, 0.2) is 11.3 Å². The number of aromatic nitrogens is 3. The zero-order chi connectivity index (χ0) is 19.6. The SMILES string of the molecule is CCc1nncn1CCNC(=NCCCN1CCCCC1C)NC1CCCC1. The third-order valence-corrected chi connectivity index (χ3v) is 6.17. The molecule has 28 heavy (non-hydrogen) atoms. The second-order valence-corrected chi connectivity index (χ2v) is 8.31. The molecule has 1 atom stereocenters. The van der Waals surface area contributed by atoms with E-state index in [0.29, 0.717) is 6.04 Å². The molecule has 3 rings (SSSR count). The van der Waals surface area contributed by atoms with E-state index in [2.05, 4.69) is 44.1 Å². The van der Waals surface area contributed by atoms with E-state index in [-0.39, 0.29) is 0 Å². The molecule has 0 spiro atoms. The summed E-state index contributed by atoms with van der Waals surface area (Å²) >= 11 is 0. The Labute approximate surface area is 170 Å². The van der Waals surface area contributed by atoms with Crippen molar-refractivity contribution in [2.75, 3.05) is 26.2 Å². The number of likely N-dealkylation sites (tertiary alicyclic amines) is 1. The predicted octanol–water partition coefficient (Wildman–Crippen LogP) is 2.58. The van der Waals surface area contributed by atoms with E-state index in [1.165, 1.54) is 58.0 Å². The largest absolute Gasteiger partial charge is 0.355 e. The van der Waals surface area contributed by atoms with Crippen molar-refractivity contribution in [1.29, 1.82) is 0 Å². The van der Waals surface area contributed by atoms with Gasteiger partial charge in [-0.05, 0) is 45.6 Å². The van der Waals surface area contributed by atoms with Crippen molar-refractivity contribution >= 4 is 5.96 Å². The fourth-order valence-corrected chi connectivity index (χ4v) is 4.40. The van der Waals surface area contributed by atoms with Gasteiger partial charge in [-0.1, -0.05) is 26.2 Å². The third-order valence-electron chi connectivity index (χ3n) is 6.17. The smallest absolute Gasteiger partial charge is 0.191 e. The highest BCUT2D eigenvalue weighted by atomic mass is 15.3. The van der Waals surface area contributed by atoms with Gasteiger partial charge in [0.25, 0.3) is 0 Å². The Bertz CT molecular complexity index is 591. The second kappa shape index (κ2) is 11.4. The molecule has 2 fully saturated rings. The minimum atomic E-state index is 0.578. The Hall–Kier alpha value is -1.63. The summed E-state index contributed by atoms with van der Waals surface area (Å²) in [4.78, 5) is 7.52. The van der Waals surface area contributed by atoms with Crippen molar-refractivity contribution in [2.45, 2.75) is 90.3 Å². The van der Waals surface area contributed by atoms with Crippen LogP contribution in [0.2, 0.25) is 0 Å². The van der Waals surface area contributed by atoms with Crippen LogP contribution in [-0.4, -0.2) is 63.9 Å². The van der Waals surface area contributed by atoms with E-state index in [1.54, 1.807) is 0 Å². The fourth-order valence-electron chi connectivity index (χ4n) is 4.40. The quantitative estimate of drug-likeness (QED) is 0.386. The van der Waals surface area contributed by atoms with Gasteiger partial charge in [-0.15, -0.1) is 10.2 Å². The molecule has 0 amide bonds. The van der Waals surface area contributed by atoms with Crippen LogP contribution in [0.5, 0.6) is 0 Å². The molecular weight excluding hydrogens is 350 g/mol. The number of aryl methyl sites for hydroxylation is 1. The zero-order valence-electron chi connectivity index (χ0n) is 17.9. The minimum Gasteiger partial charge on any atom is -0.355 e. The maximum absolute atomic E-state index is 4.89. The molecule has 2 aliphatic rings. The van der Waals surface area contributed by atoms with Gasteiger partial charge < -0.3 is 20.1 Å². The molecule has 1 aromatic rings. The molecular formula is C21H39N7. The fraction of sp³-hybridized carbons (Fsp3) is 0.857. The Morgan fingerprint density at radius 2 is 2.00 bits per heavy atom. The first-order valence-electron chi connectivity index (χ1n) is 11.4. The topological polar surface area (TPSA) is 70.4 Å². The van der Waals surface area contributed by atoms with Crippen LogP contribution in [0.25, 0.3) is 0 Å². The van der Waals surface area contributed by atoms with Crippen molar-refractivity contribution in [3.8, 4) is 0 Å². The standard InChI is InChI=1S/C21H39N7/c1-3-20-26-24-17-28(20)16-13-23-21(25-19-10-4-5-11-19)22-12-8-15-27-14-7-6-9-18(27)2/h17-19H,3-16H2,1-2H3,(H2,22,23,25). The first kappa shape index (κ1) is 21.1. The molecule has 1 aliphatic carbocycles. The average molecular weight is 390 g/mol. The van der Waals surface area contributed by atoms with E-state index in [4.69, 9.17) is 4.99 Å². The molecule has 0 radical (unpaired) electrons. The highest BCUT2D eigenvalue weighted by Crippen LogP contribution is 2.18. The Morgan fingerprint density at radius 3 is 2.79 bits per heavy atom. The Balaban J connectivity index is 1.45. The minimum absolute atomic E-state index is 0.578. The van der Waals surface area contributed by atoms with E-state index < -0.39 is 0 Å². The van der Waals surface area contributed by atoms with Crippen LogP contribution in [0.1, 0.15) is 71.0 Å². The van der Waals surface area contributed by atoms with Gasteiger partial charge in [-0.25, -0.2) is 0 Å². The molecule has 0 aromatic carbocycles. The van der Waals surface area contributed by atoms with Crippen LogP contribution >= 0.6 is 0 Å². The summed E-state index contributed by atoms with van der Waals surface area (Å²) in [6.45, 7) is 9.51. The molecule has 7 heteroatoms. The maximum atomic E-state index is 4.89. The predicted molar refractivity (Wildman–Crippen MR) is 115 cm³/mol. The number of hydrogen-bond acceptors (Lipinski definition) is 4. The summed E-state index contributed by atoms with van der Waals surface area (Å²) in [6, 6.07) is 1.32. The number of hydrogen-bond donors (Lipinski definition) is 2.